The second-order valence-corrected chi connectivity index (χ2v) is 11.4. The van der Waals surface area contributed by atoms with Gasteiger partial charge in [0.15, 0.2) is 0 Å². The Bertz CT molecular complexity index is 1720. The number of carbonyl (C=O) groups excluding carboxylic acids is 2. The van der Waals surface area contributed by atoms with Gasteiger partial charge in [0.25, 0.3) is 5.91 Å². The molecule has 0 fully saturated rings. The van der Waals surface area contributed by atoms with Crippen molar-refractivity contribution in [2.75, 3.05) is 13.2 Å². The molecular weight excluding hydrogens is 590 g/mol. The van der Waals surface area contributed by atoms with Crippen molar-refractivity contribution in [1.29, 1.82) is 0 Å². The standard InChI is InChI=1S/C37H43N7O3/c1-3-47-34-14-8-20-40-33(34)24-38-19-7-13-32(37(46)43-26(2)30-12-6-10-28-9-4-5-11-31(28)30)44-36(45)29-17-15-27(16-18-29)23-39-25-35-41-21-22-42-35/h4-6,8-12,14-18,20-22,26,32,38-39H,3,7,13,19,23-25H2,1-2H3,(H,41,42)(H,43,46)(H,44,45)/t26-,32-/m0/s1. The molecule has 5 aromatic rings. The van der Waals surface area contributed by atoms with Crippen LogP contribution in [-0.2, 0) is 24.4 Å². The van der Waals surface area contributed by atoms with E-state index in [1.54, 1.807) is 30.7 Å². The first kappa shape index (κ1) is 33.3. The Morgan fingerprint density at radius 3 is 2.49 bits per heavy atom. The van der Waals surface area contributed by atoms with Crippen LogP contribution in [0.2, 0.25) is 0 Å². The summed E-state index contributed by atoms with van der Waals surface area (Å²) in [4.78, 5) is 38.8. The molecule has 0 saturated heterocycles. The zero-order chi connectivity index (χ0) is 32.8. The van der Waals surface area contributed by atoms with Crippen LogP contribution >= 0.6 is 0 Å². The molecule has 10 nitrogen and oxygen atoms in total. The number of aromatic amines is 1. The Labute approximate surface area is 275 Å². The van der Waals surface area contributed by atoms with Crippen molar-refractivity contribution in [3.8, 4) is 5.75 Å². The third kappa shape index (κ3) is 9.48. The summed E-state index contributed by atoms with van der Waals surface area (Å²) in [7, 11) is 0. The monoisotopic (exact) mass is 633 g/mol. The molecule has 2 aromatic heterocycles. The van der Waals surface area contributed by atoms with Gasteiger partial charge in [-0.05, 0) is 79.4 Å². The number of rotatable bonds is 17. The molecule has 0 aliphatic carbocycles. The minimum absolute atomic E-state index is 0.221. The normalized spacial score (nSPS) is 12.4. The lowest BCUT2D eigenvalue weighted by Crippen LogP contribution is -2.47. The summed E-state index contributed by atoms with van der Waals surface area (Å²) in [5.41, 5.74) is 3.40. The lowest BCUT2D eigenvalue weighted by Gasteiger charge is -2.23. The number of pyridine rings is 1. The number of benzene rings is 3. The molecule has 0 aliphatic heterocycles. The summed E-state index contributed by atoms with van der Waals surface area (Å²) in [6.07, 6.45) is 6.38. The van der Waals surface area contributed by atoms with E-state index < -0.39 is 6.04 Å². The van der Waals surface area contributed by atoms with E-state index in [1.807, 2.05) is 62.4 Å². The Hall–Kier alpha value is -5.06. The van der Waals surface area contributed by atoms with Gasteiger partial charge in [-0.3, -0.25) is 14.6 Å². The van der Waals surface area contributed by atoms with Gasteiger partial charge >= 0.3 is 0 Å². The number of nitrogens with one attached hydrogen (secondary N) is 5. The molecule has 0 unspecified atom stereocenters. The number of aromatic nitrogens is 3. The summed E-state index contributed by atoms with van der Waals surface area (Å²) in [5.74, 6) is 1.11. The molecule has 0 bridgehead atoms. The Morgan fingerprint density at radius 1 is 0.851 bits per heavy atom. The number of amides is 2. The van der Waals surface area contributed by atoms with E-state index in [1.165, 1.54) is 0 Å². The third-order valence-electron chi connectivity index (χ3n) is 7.95. The number of nitrogens with zero attached hydrogens (tertiary/aromatic N) is 2. The van der Waals surface area contributed by atoms with Gasteiger partial charge in [0.05, 0.1) is 24.9 Å². The minimum Gasteiger partial charge on any atom is -0.492 e. The van der Waals surface area contributed by atoms with Crippen LogP contribution < -0.4 is 26.0 Å². The van der Waals surface area contributed by atoms with Crippen LogP contribution in [0.25, 0.3) is 10.8 Å². The lowest BCUT2D eigenvalue weighted by atomic mass is 9.99. The molecule has 5 rings (SSSR count). The van der Waals surface area contributed by atoms with E-state index in [2.05, 4.69) is 54.4 Å². The van der Waals surface area contributed by atoms with Crippen LogP contribution in [0.15, 0.2) is 97.5 Å². The lowest BCUT2D eigenvalue weighted by molar-refractivity contribution is -0.123. The zero-order valence-electron chi connectivity index (χ0n) is 27.0. The maximum absolute atomic E-state index is 13.7. The SMILES string of the molecule is CCOc1cccnc1CNCCC[C@H](NC(=O)c1ccc(CNCc2ncc[nH]2)cc1)C(=O)N[C@@H](C)c1cccc2ccccc12. The first-order valence-electron chi connectivity index (χ1n) is 16.2. The molecule has 244 valence electrons. The van der Waals surface area contributed by atoms with E-state index in [0.717, 1.165) is 39.2 Å². The molecule has 0 saturated carbocycles. The first-order valence-corrected chi connectivity index (χ1v) is 16.2. The quantitative estimate of drug-likeness (QED) is 0.0890. The van der Waals surface area contributed by atoms with E-state index in [0.29, 0.717) is 51.2 Å². The number of hydrogen-bond donors (Lipinski definition) is 5. The molecule has 5 N–H and O–H groups in total. The second kappa shape index (κ2) is 17.0. The molecule has 47 heavy (non-hydrogen) atoms. The topological polar surface area (TPSA) is 133 Å². The highest BCUT2D eigenvalue weighted by atomic mass is 16.5. The summed E-state index contributed by atoms with van der Waals surface area (Å²) < 4.78 is 5.68. The molecule has 2 amide bonds. The number of imidazole rings is 1. The maximum atomic E-state index is 13.7. The van der Waals surface area contributed by atoms with Crippen molar-refractivity contribution in [3.05, 3.63) is 126 Å². The molecular formula is C37H43N7O3. The smallest absolute Gasteiger partial charge is 0.251 e. The van der Waals surface area contributed by atoms with Crippen molar-refractivity contribution in [2.24, 2.45) is 0 Å². The van der Waals surface area contributed by atoms with Gasteiger partial charge in [-0.15, -0.1) is 0 Å². The van der Waals surface area contributed by atoms with Crippen molar-refractivity contribution >= 4 is 22.6 Å². The molecule has 0 radical (unpaired) electrons. The van der Waals surface area contributed by atoms with Gasteiger partial charge in [0.2, 0.25) is 5.91 Å². The predicted molar refractivity (Wildman–Crippen MR) is 184 cm³/mol. The third-order valence-corrected chi connectivity index (χ3v) is 7.95. The van der Waals surface area contributed by atoms with Gasteiger partial charge in [0.1, 0.15) is 17.6 Å². The van der Waals surface area contributed by atoms with Gasteiger partial charge in [-0.2, -0.15) is 0 Å². The van der Waals surface area contributed by atoms with Crippen LogP contribution in [0.5, 0.6) is 5.75 Å². The molecule has 0 spiro atoms. The summed E-state index contributed by atoms with van der Waals surface area (Å²) in [6, 6.07) is 24.4. The van der Waals surface area contributed by atoms with Gasteiger partial charge < -0.3 is 31.0 Å². The number of H-pyrrole nitrogens is 1. The number of ether oxygens (including phenoxy) is 1. The number of fused-ring (bicyclic) bond motifs is 1. The van der Waals surface area contributed by atoms with Crippen molar-refractivity contribution in [3.63, 3.8) is 0 Å². The first-order chi connectivity index (χ1) is 23.0. The van der Waals surface area contributed by atoms with Crippen LogP contribution in [0.4, 0.5) is 0 Å². The largest absolute Gasteiger partial charge is 0.492 e. The van der Waals surface area contributed by atoms with Crippen molar-refractivity contribution in [2.45, 2.75) is 58.4 Å². The minimum atomic E-state index is -0.717. The average molecular weight is 634 g/mol. The average Bonchev–Trinajstić information content (AvgIpc) is 3.62. The van der Waals surface area contributed by atoms with Gasteiger partial charge in [-0.25, -0.2) is 4.98 Å². The van der Waals surface area contributed by atoms with E-state index in [-0.39, 0.29) is 17.9 Å². The second-order valence-electron chi connectivity index (χ2n) is 11.4. The molecule has 2 heterocycles. The van der Waals surface area contributed by atoms with E-state index in [9.17, 15) is 9.59 Å². The van der Waals surface area contributed by atoms with E-state index >= 15 is 0 Å². The van der Waals surface area contributed by atoms with Crippen LogP contribution in [0.3, 0.4) is 0 Å². The molecule has 0 aliphatic rings. The fourth-order valence-corrected chi connectivity index (χ4v) is 5.50. The Morgan fingerprint density at radius 2 is 1.68 bits per heavy atom. The van der Waals surface area contributed by atoms with Crippen LogP contribution in [0, 0.1) is 0 Å². The summed E-state index contributed by atoms with van der Waals surface area (Å²) >= 11 is 0. The molecule has 2 atom stereocenters. The fourth-order valence-electron chi connectivity index (χ4n) is 5.50. The Balaban J connectivity index is 1.21. The van der Waals surface area contributed by atoms with Crippen LogP contribution in [0.1, 0.15) is 65.7 Å². The summed E-state index contributed by atoms with van der Waals surface area (Å²) in [6.45, 7) is 6.92. The van der Waals surface area contributed by atoms with Gasteiger partial charge in [-0.1, -0.05) is 54.6 Å². The zero-order valence-corrected chi connectivity index (χ0v) is 27.0. The highest BCUT2D eigenvalue weighted by molar-refractivity contribution is 5.97. The number of hydrogen-bond acceptors (Lipinski definition) is 7. The number of carbonyl (C=O) groups is 2. The fraction of sp³-hybridized carbons (Fsp3) is 0.297. The molecule has 10 heteroatoms. The van der Waals surface area contributed by atoms with Crippen molar-refractivity contribution in [1.82, 2.24) is 36.2 Å². The highest BCUT2D eigenvalue weighted by Gasteiger charge is 2.23. The van der Waals surface area contributed by atoms with Crippen molar-refractivity contribution < 1.29 is 14.3 Å². The van der Waals surface area contributed by atoms with E-state index in [4.69, 9.17) is 4.74 Å². The highest BCUT2D eigenvalue weighted by Crippen LogP contribution is 2.24. The Kier molecular flexibility index (Phi) is 12.1. The molecule has 3 aromatic carbocycles. The predicted octanol–water partition coefficient (Wildman–Crippen LogP) is 5.19. The summed E-state index contributed by atoms with van der Waals surface area (Å²) in [5, 5.41) is 15.1. The van der Waals surface area contributed by atoms with Crippen LogP contribution in [-0.4, -0.2) is 46.0 Å². The maximum Gasteiger partial charge on any atom is 0.251 e. The van der Waals surface area contributed by atoms with Gasteiger partial charge in [0, 0.05) is 37.2 Å².